The standard InChI is InChI=1S/C26H30N2/c1-3-26(2)17-19-13-14-24(26)28(18-19)16-15-22-21-11-7-8-12-23(21)27-25(22)20-9-5-4-6-10-20/h4-14,19,24,27H,3,15-18H2,1-2H3. The van der Waals surface area contributed by atoms with E-state index in [2.05, 4.69) is 90.5 Å². The number of hydrogen-bond donors (Lipinski definition) is 1. The monoisotopic (exact) mass is 370 g/mol. The summed E-state index contributed by atoms with van der Waals surface area (Å²) in [5, 5.41) is 1.37. The average Bonchev–Trinajstić information content (AvgIpc) is 3.12. The van der Waals surface area contributed by atoms with Crippen LogP contribution in [0.25, 0.3) is 22.2 Å². The Balaban J connectivity index is 1.47. The Kier molecular flexibility index (Phi) is 4.40. The van der Waals surface area contributed by atoms with Crippen LogP contribution in [0.2, 0.25) is 0 Å². The Morgan fingerprint density at radius 1 is 1.04 bits per heavy atom. The number of benzene rings is 2. The van der Waals surface area contributed by atoms with Gasteiger partial charge in [-0.1, -0.05) is 74.5 Å². The minimum atomic E-state index is 0.431. The van der Waals surface area contributed by atoms with Crippen LogP contribution in [0.4, 0.5) is 0 Å². The molecule has 3 unspecified atom stereocenters. The van der Waals surface area contributed by atoms with Gasteiger partial charge in [0.1, 0.15) is 0 Å². The topological polar surface area (TPSA) is 19.0 Å². The van der Waals surface area contributed by atoms with E-state index in [0.717, 1.165) is 18.9 Å². The summed E-state index contributed by atoms with van der Waals surface area (Å²) in [4.78, 5) is 6.44. The molecule has 0 spiro atoms. The van der Waals surface area contributed by atoms with Gasteiger partial charge in [0, 0.05) is 35.7 Å². The van der Waals surface area contributed by atoms with E-state index >= 15 is 0 Å². The van der Waals surface area contributed by atoms with Crippen molar-refractivity contribution >= 4 is 10.9 Å². The van der Waals surface area contributed by atoms with Gasteiger partial charge in [0.25, 0.3) is 0 Å². The van der Waals surface area contributed by atoms with Crippen molar-refractivity contribution < 1.29 is 0 Å². The highest BCUT2D eigenvalue weighted by Crippen LogP contribution is 2.45. The van der Waals surface area contributed by atoms with Crippen LogP contribution in [0.1, 0.15) is 32.3 Å². The Bertz CT molecular complexity index is 1000. The van der Waals surface area contributed by atoms with Crippen LogP contribution < -0.4 is 0 Å². The molecule has 28 heavy (non-hydrogen) atoms. The van der Waals surface area contributed by atoms with Crippen LogP contribution in [0.5, 0.6) is 0 Å². The quantitative estimate of drug-likeness (QED) is 0.541. The van der Waals surface area contributed by atoms with E-state index in [0.29, 0.717) is 11.5 Å². The Morgan fingerprint density at radius 3 is 2.61 bits per heavy atom. The summed E-state index contributed by atoms with van der Waals surface area (Å²) in [6.45, 7) is 7.20. The molecule has 1 aromatic heterocycles. The van der Waals surface area contributed by atoms with Crippen molar-refractivity contribution in [2.24, 2.45) is 11.3 Å². The first kappa shape index (κ1) is 17.8. The second kappa shape index (κ2) is 6.93. The van der Waals surface area contributed by atoms with Crippen molar-refractivity contribution in [3.63, 3.8) is 0 Å². The highest BCUT2D eigenvalue weighted by atomic mass is 15.2. The molecule has 2 bridgehead atoms. The first-order chi connectivity index (χ1) is 13.7. The van der Waals surface area contributed by atoms with Gasteiger partial charge in [-0.15, -0.1) is 0 Å². The number of fused-ring (bicyclic) bond motifs is 3. The molecule has 2 aromatic carbocycles. The van der Waals surface area contributed by atoms with Gasteiger partial charge in [-0.05, 0) is 47.8 Å². The Hall–Kier alpha value is -2.32. The third-order valence-electron chi connectivity index (χ3n) is 7.20. The van der Waals surface area contributed by atoms with Gasteiger partial charge in [-0.3, -0.25) is 4.90 Å². The predicted molar refractivity (Wildman–Crippen MR) is 118 cm³/mol. The molecule has 1 N–H and O–H groups in total. The summed E-state index contributed by atoms with van der Waals surface area (Å²) in [6.07, 6.45) is 8.67. The molecule has 2 aliphatic heterocycles. The average molecular weight is 371 g/mol. The maximum Gasteiger partial charge on any atom is 0.0497 e. The lowest BCUT2D eigenvalue weighted by Crippen LogP contribution is -2.55. The van der Waals surface area contributed by atoms with Crippen LogP contribution in [-0.4, -0.2) is 29.0 Å². The number of piperidine rings is 1. The van der Waals surface area contributed by atoms with Crippen LogP contribution in [-0.2, 0) is 6.42 Å². The number of aromatic amines is 1. The largest absolute Gasteiger partial charge is 0.354 e. The van der Waals surface area contributed by atoms with E-state index in [4.69, 9.17) is 0 Å². The number of aromatic nitrogens is 1. The second-order valence-electron chi connectivity index (χ2n) is 8.94. The summed E-state index contributed by atoms with van der Waals surface area (Å²) in [6, 6.07) is 20.1. The van der Waals surface area contributed by atoms with Gasteiger partial charge in [-0.2, -0.15) is 0 Å². The van der Waals surface area contributed by atoms with Crippen LogP contribution in [0, 0.1) is 11.3 Å². The fraction of sp³-hybridized carbons (Fsp3) is 0.385. The Labute approximate surface area is 168 Å². The number of nitrogens with zero attached hydrogens (tertiary/aromatic N) is 1. The number of rotatable bonds is 5. The van der Waals surface area contributed by atoms with Gasteiger partial charge in [0.2, 0.25) is 0 Å². The molecule has 1 fully saturated rings. The van der Waals surface area contributed by atoms with E-state index in [-0.39, 0.29) is 0 Å². The molecule has 2 heteroatoms. The zero-order valence-electron chi connectivity index (χ0n) is 17.0. The summed E-state index contributed by atoms with van der Waals surface area (Å²) >= 11 is 0. The molecule has 0 saturated carbocycles. The van der Waals surface area contributed by atoms with Crippen LogP contribution in [0.15, 0.2) is 66.7 Å². The van der Waals surface area contributed by atoms with E-state index in [1.54, 1.807) is 0 Å². The van der Waals surface area contributed by atoms with Gasteiger partial charge in [0.15, 0.2) is 0 Å². The molecule has 0 amide bonds. The van der Waals surface area contributed by atoms with Crippen molar-refractivity contribution in [1.82, 2.24) is 9.88 Å². The van der Waals surface area contributed by atoms with Crippen molar-refractivity contribution in [1.29, 1.82) is 0 Å². The number of nitrogens with one attached hydrogen (secondary N) is 1. The molecular formula is C26H30N2. The fourth-order valence-corrected chi connectivity index (χ4v) is 5.54. The molecule has 3 atom stereocenters. The van der Waals surface area contributed by atoms with Gasteiger partial charge in [-0.25, -0.2) is 0 Å². The molecule has 144 valence electrons. The lowest BCUT2D eigenvalue weighted by Gasteiger charge is -2.52. The molecule has 1 aliphatic carbocycles. The van der Waals surface area contributed by atoms with E-state index in [1.165, 1.54) is 47.1 Å². The highest BCUT2D eigenvalue weighted by molar-refractivity contribution is 5.90. The van der Waals surface area contributed by atoms with Crippen molar-refractivity contribution in [2.75, 3.05) is 13.1 Å². The maximum absolute atomic E-state index is 3.70. The normalized spacial score (nSPS) is 26.9. The molecule has 3 aliphatic rings. The number of para-hydroxylation sites is 1. The third kappa shape index (κ3) is 2.91. The molecule has 0 radical (unpaired) electrons. The lowest BCUT2D eigenvalue weighted by molar-refractivity contribution is 0.0167. The van der Waals surface area contributed by atoms with Crippen molar-refractivity contribution in [2.45, 2.75) is 39.2 Å². The third-order valence-corrected chi connectivity index (χ3v) is 7.20. The summed E-state index contributed by atoms with van der Waals surface area (Å²) in [7, 11) is 0. The SMILES string of the molecule is CCC1(C)CC2C=CC1N(CCc1c(-c3ccccc3)[nH]c3ccccc13)C2. The molecule has 6 rings (SSSR count). The first-order valence-corrected chi connectivity index (χ1v) is 10.8. The van der Waals surface area contributed by atoms with E-state index in [1.807, 2.05) is 0 Å². The maximum atomic E-state index is 3.70. The van der Waals surface area contributed by atoms with Crippen molar-refractivity contribution in [3.05, 3.63) is 72.3 Å². The lowest BCUT2D eigenvalue weighted by atomic mass is 9.65. The molecule has 1 saturated heterocycles. The number of hydrogen-bond acceptors (Lipinski definition) is 1. The highest BCUT2D eigenvalue weighted by Gasteiger charge is 2.44. The second-order valence-corrected chi connectivity index (χ2v) is 8.94. The summed E-state index contributed by atoms with van der Waals surface area (Å²) < 4.78 is 0. The van der Waals surface area contributed by atoms with Crippen LogP contribution in [0.3, 0.4) is 0 Å². The minimum absolute atomic E-state index is 0.431. The summed E-state index contributed by atoms with van der Waals surface area (Å²) in [5.74, 6) is 0.728. The molecule has 3 aromatic rings. The number of H-pyrrole nitrogens is 1. The van der Waals surface area contributed by atoms with E-state index < -0.39 is 0 Å². The molecule has 2 nitrogen and oxygen atoms in total. The van der Waals surface area contributed by atoms with Crippen molar-refractivity contribution in [3.8, 4) is 11.3 Å². The van der Waals surface area contributed by atoms with Gasteiger partial charge in [0.05, 0.1) is 0 Å². The fourth-order valence-electron chi connectivity index (χ4n) is 5.54. The zero-order chi connectivity index (χ0) is 19.1. The predicted octanol–water partition coefficient (Wildman–Crippen LogP) is 6.05. The van der Waals surface area contributed by atoms with Crippen LogP contribution >= 0.6 is 0 Å². The minimum Gasteiger partial charge on any atom is -0.354 e. The summed E-state index contributed by atoms with van der Waals surface area (Å²) in [5.41, 5.74) is 5.71. The Morgan fingerprint density at radius 2 is 1.82 bits per heavy atom. The molecule has 3 heterocycles. The molecular weight excluding hydrogens is 340 g/mol. The first-order valence-electron chi connectivity index (χ1n) is 10.8. The van der Waals surface area contributed by atoms with E-state index in [9.17, 15) is 0 Å². The van der Waals surface area contributed by atoms with Gasteiger partial charge >= 0.3 is 0 Å². The van der Waals surface area contributed by atoms with Gasteiger partial charge < -0.3 is 4.98 Å². The smallest absolute Gasteiger partial charge is 0.0497 e. The zero-order valence-corrected chi connectivity index (χ0v) is 17.0.